The highest BCUT2D eigenvalue weighted by atomic mass is 79.9. The van der Waals surface area contributed by atoms with Crippen LogP contribution in [0, 0.1) is 6.92 Å². The maximum Gasteiger partial charge on any atom is 0.267 e. The summed E-state index contributed by atoms with van der Waals surface area (Å²) in [4.78, 5) is 18.2. The van der Waals surface area contributed by atoms with Crippen LogP contribution in [-0.4, -0.2) is 34.9 Å². The number of nitrogens with one attached hydrogen (secondary N) is 1. The smallest absolute Gasteiger partial charge is 0.267 e. The number of thiazole rings is 1. The van der Waals surface area contributed by atoms with Crippen molar-refractivity contribution in [1.82, 2.24) is 14.8 Å². The SMILES string of the molecule is COc1ccc(-c2nc(C)c(C(=O)Nc3ccccc3-n3cc(Br)cn3)s2)cc1OC. The van der Waals surface area contributed by atoms with Crippen molar-refractivity contribution in [2.45, 2.75) is 6.92 Å². The van der Waals surface area contributed by atoms with Gasteiger partial charge in [-0.15, -0.1) is 11.3 Å². The van der Waals surface area contributed by atoms with Gasteiger partial charge in [-0.1, -0.05) is 12.1 Å². The third-order valence-electron chi connectivity index (χ3n) is 4.58. The van der Waals surface area contributed by atoms with Gasteiger partial charge in [-0.3, -0.25) is 4.79 Å². The van der Waals surface area contributed by atoms with E-state index in [2.05, 4.69) is 31.3 Å². The van der Waals surface area contributed by atoms with Crippen LogP contribution in [0.3, 0.4) is 0 Å². The van der Waals surface area contributed by atoms with Gasteiger partial charge in [0.25, 0.3) is 5.91 Å². The van der Waals surface area contributed by atoms with Gasteiger partial charge in [-0.05, 0) is 53.2 Å². The largest absolute Gasteiger partial charge is 0.493 e. The Hall–Kier alpha value is -3.17. The number of carbonyl (C=O) groups is 1. The maximum atomic E-state index is 13.1. The van der Waals surface area contributed by atoms with Gasteiger partial charge in [0.1, 0.15) is 9.88 Å². The molecule has 0 aliphatic carbocycles. The second-order valence-corrected chi connectivity index (χ2v) is 8.49. The summed E-state index contributed by atoms with van der Waals surface area (Å²) in [7, 11) is 3.18. The number of carbonyl (C=O) groups excluding carboxylic acids is 1. The number of hydrogen-bond donors (Lipinski definition) is 1. The second-order valence-electron chi connectivity index (χ2n) is 6.58. The van der Waals surface area contributed by atoms with E-state index < -0.39 is 0 Å². The van der Waals surface area contributed by atoms with Crippen LogP contribution in [-0.2, 0) is 0 Å². The van der Waals surface area contributed by atoms with E-state index in [1.165, 1.54) is 11.3 Å². The third-order valence-corrected chi connectivity index (χ3v) is 6.20. The van der Waals surface area contributed by atoms with E-state index in [0.29, 0.717) is 27.8 Å². The molecule has 0 unspecified atom stereocenters. The fraction of sp³-hybridized carbons (Fsp3) is 0.136. The number of ether oxygens (including phenoxy) is 2. The molecule has 0 fully saturated rings. The van der Waals surface area contributed by atoms with Crippen LogP contribution in [0.15, 0.2) is 59.3 Å². The average molecular weight is 499 g/mol. The highest BCUT2D eigenvalue weighted by molar-refractivity contribution is 9.10. The first-order chi connectivity index (χ1) is 15.0. The maximum absolute atomic E-state index is 13.1. The number of para-hydroxylation sites is 2. The summed E-state index contributed by atoms with van der Waals surface area (Å²) in [5.41, 5.74) is 2.94. The molecule has 31 heavy (non-hydrogen) atoms. The van der Waals surface area contributed by atoms with Crippen molar-refractivity contribution in [3.05, 3.63) is 69.9 Å². The molecular formula is C22H19BrN4O3S. The fourth-order valence-corrected chi connectivity index (χ4v) is 4.33. The van der Waals surface area contributed by atoms with E-state index in [9.17, 15) is 4.79 Å². The lowest BCUT2D eigenvalue weighted by Crippen LogP contribution is -2.13. The van der Waals surface area contributed by atoms with Crippen LogP contribution in [0.1, 0.15) is 15.4 Å². The molecule has 4 rings (SSSR count). The first-order valence-electron chi connectivity index (χ1n) is 9.31. The first kappa shape index (κ1) is 21.1. The molecular weight excluding hydrogens is 480 g/mol. The van der Waals surface area contributed by atoms with Crippen molar-refractivity contribution < 1.29 is 14.3 Å². The van der Waals surface area contributed by atoms with Crippen LogP contribution in [0.25, 0.3) is 16.3 Å². The summed E-state index contributed by atoms with van der Waals surface area (Å²) >= 11 is 4.73. The molecule has 158 valence electrons. The van der Waals surface area contributed by atoms with Crippen molar-refractivity contribution in [2.24, 2.45) is 0 Å². The van der Waals surface area contributed by atoms with Gasteiger partial charge in [0.15, 0.2) is 11.5 Å². The molecule has 0 spiro atoms. The van der Waals surface area contributed by atoms with Crippen molar-refractivity contribution in [3.8, 4) is 27.8 Å². The number of rotatable bonds is 6. The first-order valence-corrected chi connectivity index (χ1v) is 10.9. The van der Waals surface area contributed by atoms with Gasteiger partial charge in [-0.25, -0.2) is 9.67 Å². The van der Waals surface area contributed by atoms with E-state index in [1.807, 2.05) is 55.6 Å². The Morgan fingerprint density at radius 3 is 2.61 bits per heavy atom. The molecule has 0 aliphatic heterocycles. The molecule has 1 amide bonds. The van der Waals surface area contributed by atoms with Crippen molar-refractivity contribution in [1.29, 1.82) is 0 Å². The van der Waals surface area contributed by atoms with Crippen molar-refractivity contribution in [3.63, 3.8) is 0 Å². The van der Waals surface area contributed by atoms with E-state index in [0.717, 1.165) is 20.7 Å². The summed E-state index contributed by atoms with van der Waals surface area (Å²) in [5.74, 6) is 1.03. The zero-order valence-corrected chi connectivity index (χ0v) is 19.5. The molecule has 0 radical (unpaired) electrons. The van der Waals surface area contributed by atoms with Crippen LogP contribution in [0.4, 0.5) is 5.69 Å². The van der Waals surface area contributed by atoms with Gasteiger partial charge in [0.2, 0.25) is 0 Å². The number of benzene rings is 2. The summed E-state index contributed by atoms with van der Waals surface area (Å²) in [6.07, 6.45) is 3.53. The molecule has 0 saturated carbocycles. The molecule has 9 heteroatoms. The Labute approximate surface area is 191 Å². The number of halogens is 1. The summed E-state index contributed by atoms with van der Waals surface area (Å²) in [6.45, 7) is 1.83. The topological polar surface area (TPSA) is 78.3 Å². The van der Waals surface area contributed by atoms with Gasteiger partial charge in [0, 0.05) is 11.8 Å². The van der Waals surface area contributed by atoms with Crippen LogP contribution < -0.4 is 14.8 Å². The van der Waals surface area contributed by atoms with E-state index in [1.54, 1.807) is 25.1 Å². The molecule has 0 atom stereocenters. The number of nitrogens with zero attached hydrogens (tertiary/aromatic N) is 3. The Kier molecular flexibility index (Phi) is 6.06. The van der Waals surface area contributed by atoms with Crippen LogP contribution in [0.2, 0.25) is 0 Å². The lowest BCUT2D eigenvalue weighted by Gasteiger charge is -2.10. The zero-order valence-electron chi connectivity index (χ0n) is 17.0. The second kappa shape index (κ2) is 8.91. The number of hydrogen-bond acceptors (Lipinski definition) is 6. The van der Waals surface area contributed by atoms with E-state index in [-0.39, 0.29) is 5.91 Å². The quantitative estimate of drug-likeness (QED) is 0.388. The molecule has 4 aromatic rings. The molecule has 2 aromatic heterocycles. The lowest BCUT2D eigenvalue weighted by molar-refractivity contribution is 0.103. The average Bonchev–Trinajstić information content (AvgIpc) is 3.39. The number of aryl methyl sites for hydroxylation is 1. The number of anilines is 1. The van der Waals surface area contributed by atoms with Crippen molar-refractivity contribution in [2.75, 3.05) is 19.5 Å². The molecule has 0 saturated heterocycles. The summed E-state index contributed by atoms with van der Waals surface area (Å²) < 4.78 is 13.2. The minimum Gasteiger partial charge on any atom is -0.493 e. The number of aromatic nitrogens is 3. The molecule has 0 bridgehead atoms. The normalized spacial score (nSPS) is 10.7. The fourth-order valence-electron chi connectivity index (χ4n) is 3.09. The van der Waals surface area contributed by atoms with Crippen LogP contribution >= 0.6 is 27.3 Å². The molecule has 7 nitrogen and oxygen atoms in total. The Balaban J connectivity index is 1.63. The third kappa shape index (κ3) is 4.33. The summed E-state index contributed by atoms with van der Waals surface area (Å²) in [5, 5.41) is 8.03. The molecule has 2 heterocycles. The van der Waals surface area contributed by atoms with E-state index in [4.69, 9.17) is 9.47 Å². The lowest BCUT2D eigenvalue weighted by atomic mass is 10.2. The van der Waals surface area contributed by atoms with Gasteiger partial charge < -0.3 is 14.8 Å². The highest BCUT2D eigenvalue weighted by Gasteiger charge is 2.19. The Morgan fingerprint density at radius 2 is 1.90 bits per heavy atom. The predicted octanol–water partition coefficient (Wildman–Crippen LogP) is 5.34. The van der Waals surface area contributed by atoms with Gasteiger partial charge in [-0.2, -0.15) is 5.10 Å². The van der Waals surface area contributed by atoms with Gasteiger partial charge >= 0.3 is 0 Å². The highest BCUT2D eigenvalue weighted by Crippen LogP contribution is 2.35. The number of amides is 1. The standard InChI is InChI=1S/C22H19BrN4O3S/c1-13-20(31-22(25-13)14-8-9-18(29-2)19(10-14)30-3)21(28)26-16-6-4-5-7-17(16)27-12-15(23)11-24-27/h4-12H,1-3H3,(H,26,28). The summed E-state index contributed by atoms with van der Waals surface area (Å²) in [6, 6.07) is 13.1. The minimum atomic E-state index is -0.222. The van der Waals surface area contributed by atoms with E-state index >= 15 is 0 Å². The Morgan fingerprint density at radius 1 is 1.13 bits per heavy atom. The molecule has 2 aromatic carbocycles. The molecule has 1 N–H and O–H groups in total. The molecule has 0 aliphatic rings. The Bertz CT molecular complexity index is 1250. The number of methoxy groups -OCH3 is 2. The minimum absolute atomic E-state index is 0.222. The zero-order chi connectivity index (χ0) is 22.0. The van der Waals surface area contributed by atoms with Gasteiger partial charge in [0.05, 0.1) is 42.0 Å². The van der Waals surface area contributed by atoms with Crippen molar-refractivity contribution >= 4 is 38.9 Å². The predicted molar refractivity (Wildman–Crippen MR) is 125 cm³/mol. The van der Waals surface area contributed by atoms with Crippen LogP contribution in [0.5, 0.6) is 11.5 Å². The monoisotopic (exact) mass is 498 g/mol.